The highest BCUT2D eigenvalue weighted by Gasteiger charge is 2.40. The van der Waals surface area contributed by atoms with Crippen LogP contribution in [0.1, 0.15) is 62.0 Å². The van der Waals surface area contributed by atoms with E-state index >= 15 is 0 Å². The number of amides is 2. The van der Waals surface area contributed by atoms with Gasteiger partial charge in [0.2, 0.25) is 11.2 Å². The summed E-state index contributed by atoms with van der Waals surface area (Å²) in [6, 6.07) is 27.1. The van der Waals surface area contributed by atoms with Gasteiger partial charge in [-0.15, -0.1) is 0 Å². The Balaban J connectivity index is 0.887. The molecule has 56 heavy (non-hydrogen) atoms. The quantitative estimate of drug-likeness (QED) is 0.0851. The largest absolute Gasteiger partial charge is 0.506 e. The Morgan fingerprint density at radius 2 is 1.55 bits per heavy atom. The van der Waals surface area contributed by atoms with E-state index in [4.69, 9.17) is 0 Å². The van der Waals surface area contributed by atoms with Crippen molar-refractivity contribution in [3.63, 3.8) is 0 Å². The molecule has 14 nitrogen and oxygen atoms in total. The van der Waals surface area contributed by atoms with Crippen LogP contribution in [0.4, 0.5) is 0 Å². The van der Waals surface area contributed by atoms with E-state index in [2.05, 4.69) is 30.9 Å². The Kier molecular flexibility index (Phi) is 10.7. The van der Waals surface area contributed by atoms with Crippen LogP contribution in [0.2, 0.25) is 0 Å². The van der Waals surface area contributed by atoms with Gasteiger partial charge in [0.05, 0.1) is 29.7 Å². The molecule has 0 aliphatic heterocycles. The first kappa shape index (κ1) is 37.6. The summed E-state index contributed by atoms with van der Waals surface area (Å²) >= 11 is 0. The number of hydrogen-bond acceptors (Lipinski definition) is 10. The van der Waals surface area contributed by atoms with Crippen LogP contribution in [0.15, 0.2) is 120 Å². The molecule has 1 fully saturated rings. The maximum absolute atomic E-state index is 13.1. The number of aliphatic hydroxyl groups is 2. The van der Waals surface area contributed by atoms with E-state index in [0.29, 0.717) is 47.2 Å². The van der Waals surface area contributed by atoms with Gasteiger partial charge in [-0.3, -0.25) is 19.4 Å². The number of carboxylic acid groups (broad SMARTS) is 1. The van der Waals surface area contributed by atoms with Crippen molar-refractivity contribution in [2.75, 3.05) is 6.54 Å². The van der Waals surface area contributed by atoms with Gasteiger partial charge >= 0.3 is 5.97 Å². The number of aromatic amines is 1. The zero-order chi connectivity index (χ0) is 39.4. The first-order chi connectivity index (χ1) is 27.0. The van der Waals surface area contributed by atoms with Crippen LogP contribution in [-0.2, 0) is 16.9 Å². The number of carbonyl (C=O) groups is 3. The van der Waals surface area contributed by atoms with Crippen molar-refractivity contribution < 1.29 is 34.8 Å². The molecule has 7 rings (SSSR count). The minimum absolute atomic E-state index is 0.0625. The number of aromatic nitrogens is 3. The Bertz CT molecular complexity index is 2470. The summed E-state index contributed by atoms with van der Waals surface area (Å²) < 4.78 is 0. The molecule has 8 N–H and O–H groups in total. The van der Waals surface area contributed by atoms with Crippen molar-refractivity contribution in [3.05, 3.63) is 159 Å². The van der Waals surface area contributed by atoms with Crippen LogP contribution in [-0.4, -0.2) is 71.8 Å². The minimum atomic E-state index is -2.30. The smallest absolute Gasteiger partial charge is 0.345 e. The molecule has 1 aliphatic rings. The van der Waals surface area contributed by atoms with Gasteiger partial charge in [-0.25, -0.2) is 9.78 Å². The van der Waals surface area contributed by atoms with E-state index in [0.717, 1.165) is 5.56 Å². The number of pyridine rings is 1. The second-order valence-electron chi connectivity index (χ2n) is 13.7. The molecule has 0 spiro atoms. The van der Waals surface area contributed by atoms with Crippen LogP contribution in [0.3, 0.4) is 0 Å². The minimum Gasteiger partial charge on any atom is -0.506 e. The van der Waals surface area contributed by atoms with Gasteiger partial charge in [0.1, 0.15) is 11.4 Å². The molecule has 6 aromatic rings. The number of hydrogen-bond donors (Lipinski definition) is 8. The van der Waals surface area contributed by atoms with Crippen molar-refractivity contribution in [1.82, 2.24) is 30.9 Å². The lowest BCUT2D eigenvalue weighted by molar-refractivity contribution is -0.155. The van der Waals surface area contributed by atoms with Gasteiger partial charge in [-0.2, -0.15) is 0 Å². The second kappa shape index (κ2) is 15.9. The zero-order valence-electron chi connectivity index (χ0n) is 29.8. The van der Waals surface area contributed by atoms with E-state index in [9.17, 15) is 39.6 Å². The standard InChI is InChI=1S/C42H38N6O8/c49-35-15-13-31(32-14-16-37(51)48-38(32)35)36(50)23-43-20-24-9-11-25(12-10-24)39(52)45-29-18-30(19-29)46-40(53)34-22-44-21-33(47-34)26-5-4-8-28(17-26)42(56,41(54)55)27-6-2-1-3-7-27/h1-17,21-22,29-30,36,43,49-50,56H,18-20,23H2,(H,45,52)(H,46,53)(H,48,51)(H,54,55). The van der Waals surface area contributed by atoms with E-state index in [1.165, 1.54) is 48.8 Å². The normalized spacial score (nSPS) is 16.6. The second-order valence-corrected chi connectivity index (χ2v) is 13.7. The third kappa shape index (κ3) is 7.88. The summed E-state index contributed by atoms with van der Waals surface area (Å²) in [4.78, 5) is 61.2. The first-order valence-corrected chi connectivity index (χ1v) is 17.9. The summed E-state index contributed by atoms with van der Waals surface area (Å²) in [5.74, 6) is -2.20. The molecule has 1 saturated carbocycles. The monoisotopic (exact) mass is 754 g/mol. The Hall–Kier alpha value is -6.74. The lowest BCUT2D eigenvalue weighted by Crippen LogP contribution is -2.53. The number of carboxylic acids is 1. The third-order valence-electron chi connectivity index (χ3n) is 9.90. The number of H-pyrrole nitrogens is 1. The molecular weight excluding hydrogens is 716 g/mol. The first-order valence-electron chi connectivity index (χ1n) is 17.9. The molecule has 0 saturated heterocycles. The Morgan fingerprint density at radius 3 is 2.29 bits per heavy atom. The fourth-order valence-electron chi connectivity index (χ4n) is 6.78. The summed E-state index contributed by atoms with van der Waals surface area (Å²) in [6.07, 6.45) is 2.93. The molecule has 0 bridgehead atoms. The van der Waals surface area contributed by atoms with Crippen molar-refractivity contribution in [2.45, 2.75) is 43.2 Å². The van der Waals surface area contributed by atoms with Crippen LogP contribution in [0.5, 0.6) is 5.75 Å². The van der Waals surface area contributed by atoms with Crippen LogP contribution in [0, 0.1) is 0 Å². The van der Waals surface area contributed by atoms with E-state index in [-0.39, 0.29) is 58.2 Å². The molecule has 4 aromatic carbocycles. The van der Waals surface area contributed by atoms with E-state index in [1.807, 2.05) is 12.1 Å². The van der Waals surface area contributed by atoms with Crippen molar-refractivity contribution >= 4 is 28.7 Å². The van der Waals surface area contributed by atoms with Crippen molar-refractivity contribution in [1.29, 1.82) is 0 Å². The van der Waals surface area contributed by atoms with Gasteiger partial charge < -0.3 is 41.4 Å². The highest BCUT2D eigenvalue weighted by Crippen LogP contribution is 2.33. The molecule has 0 radical (unpaired) electrons. The molecule has 2 heterocycles. The molecule has 284 valence electrons. The number of fused-ring (bicyclic) bond motifs is 1. The zero-order valence-corrected chi connectivity index (χ0v) is 29.8. The Morgan fingerprint density at radius 1 is 0.839 bits per heavy atom. The van der Waals surface area contributed by atoms with Gasteiger partial charge in [0.15, 0.2) is 0 Å². The number of phenols is 1. The lowest BCUT2D eigenvalue weighted by Gasteiger charge is -2.36. The number of nitrogens with one attached hydrogen (secondary N) is 4. The van der Waals surface area contributed by atoms with Crippen LogP contribution in [0.25, 0.3) is 22.2 Å². The van der Waals surface area contributed by atoms with Gasteiger partial charge in [0.25, 0.3) is 11.8 Å². The summed E-state index contributed by atoms with van der Waals surface area (Å²) in [5.41, 5.74) is 0.711. The number of benzene rings is 4. The van der Waals surface area contributed by atoms with Crippen molar-refractivity contribution in [2.24, 2.45) is 0 Å². The van der Waals surface area contributed by atoms with Crippen LogP contribution < -0.4 is 21.5 Å². The molecule has 2 atom stereocenters. The predicted molar refractivity (Wildman–Crippen MR) is 206 cm³/mol. The molecule has 1 aliphatic carbocycles. The fourth-order valence-corrected chi connectivity index (χ4v) is 6.78. The third-order valence-corrected chi connectivity index (χ3v) is 9.90. The number of phenolic OH excluding ortho intramolecular Hbond substituents is 1. The predicted octanol–water partition coefficient (Wildman–Crippen LogP) is 3.53. The van der Waals surface area contributed by atoms with Gasteiger partial charge in [-0.05, 0) is 59.9 Å². The van der Waals surface area contributed by atoms with Gasteiger partial charge in [0, 0.05) is 53.3 Å². The maximum Gasteiger partial charge on any atom is 0.345 e. The van der Waals surface area contributed by atoms with E-state index in [1.54, 1.807) is 54.6 Å². The number of aliphatic carboxylic acids is 1. The summed E-state index contributed by atoms with van der Waals surface area (Å²) in [6.45, 7) is 0.638. The number of rotatable bonds is 13. The average molecular weight is 755 g/mol. The average Bonchev–Trinajstić information content (AvgIpc) is 3.20. The molecule has 2 unspecified atom stereocenters. The molecule has 14 heteroatoms. The summed E-state index contributed by atoms with van der Waals surface area (Å²) in [5, 5.41) is 51.8. The number of aliphatic hydroxyl groups excluding tert-OH is 1. The molecule has 2 aromatic heterocycles. The SMILES string of the molecule is O=C(NC1CC(NC(=O)c2cncc(-c3cccc(C(O)(C(=O)O)c4ccccc4)c3)n2)C1)c1ccc(CNCC(O)c2ccc(O)c3[nH]c(=O)ccc23)cc1. The molecular formula is C42H38N6O8. The van der Waals surface area contributed by atoms with Gasteiger partial charge in [-0.1, -0.05) is 66.7 Å². The Labute approximate surface area is 319 Å². The summed E-state index contributed by atoms with van der Waals surface area (Å²) in [7, 11) is 0. The number of nitrogens with zero attached hydrogens (tertiary/aromatic N) is 2. The molecule has 2 amide bonds. The van der Waals surface area contributed by atoms with E-state index < -0.39 is 23.6 Å². The van der Waals surface area contributed by atoms with Crippen molar-refractivity contribution in [3.8, 4) is 17.0 Å². The maximum atomic E-state index is 13.1. The number of aromatic hydroxyl groups is 1. The highest BCUT2D eigenvalue weighted by molar-refractivity contribution is 5.95. The topological polar surface area (TPSA) is 227 Å². The fraction of sp³-hybridized carbons (Fsp3) is 0.190. The number of carbonyl (C=O) groups excluding carboxylic acids is 2. The highest BCUT2D eigenvalue weighted by atomic mass is 16.4. The van der Waals surface area contributed by atoms with Crippen LogP contribution >= 0.6 is 0 Å². The lowest BCUT2D eigenvalue weighted by atomic mass is 9.85.